The molecule has 2 aliphatic carbocycles. The van der Waals surface area contributed by atoms with Crippen LogP contribution in [0.5, 0.6) is 17.2 Å². The van der Waals surface area contributed by atoms with Crippen molar-refractivity contribution in [1.82, 2.24) is 4.57 Å². The Labute approximate surface area is 306 Å². The third kappa shape index (κ3) is 4.46. The first kappa shape index (κ1) is 30.0. The van der Waals surface area contributed by atoms with Crippen molar-refractivity contribution in [1.29, 1.82) is 0 Å². The van der Waals surface area contributed by atoms with Crippen LogP contribution in [0.2, 0.25) is 0 Å². The fourth-order valence-electron chi connectivity index (χ4n) is 9.32. The van der Waals surface area contributed by atoms with E-state index in [1.54, 1.807) is 0 Å². The number of allylic oxidation sites excluding steroid dienone is 2. The molecule has 0 fully saturated rings. The number of aromatic nitrogens is 1. The third-order valence-corrected chi connectivity index (χ3v) is 14.1. The summed E-state index contributed by atoms with van der Waals surface area (Å²) in [7, 11) is 0. The van der Waals surface area contributed by atoms with Crippen LogP contribution in [0.1, 0.15) is 69.7 Å². The van der Waals surface area contributed by atoms with E-state index in [4.69, 9.17) is 9.47 Å². The molecule has 0 spiro atoms. The second-order valence-electron chi connectivity index (χ2n) is 15.8. The van der Waals surface area contributed by atoms with Crippen LogP contribution in [-0.2, 0) is 18.3 Å². The van der Waals surface area contributed by atoms with Gasteiger partial charge in [0.1, 0.15) is 0 Å². The molecule has 0 radical (unpaired) electrons. The molecule has 250 valence electrons. The Kier molecular flexibility index (Phi) is 6.44. The summed E-state index contributed by atoms with van der Waals surface area (Å²) in [5, 5.41) is 1.40. The normalized spacial score (nSPS) is 16.8. The molecule has 5 aromatic carbocycles. The topological polar surface area (TPSA) is 26.6 Å². The number of rotatable bonds is 2. The van der Waals surface area contributed by atoms with E-state index >= 15 is 0 Å². The molecule has 0 amide bonds. The molecular weight excluding hydrogens is 690 g/mol. The van der Waals surface area contributed by atoms with Crippen molar-refractivity contribution in [2.24, 2.45) is 0 Å². The summed E-state index contributed by atoms with van der Waals surface area (Å²) in [6, 6.07) is 36.6. The van der Waals surface area contributed by atoms with Crippen LogP contribution in [0.15, 0.2) is 109 Å². The predicted octanol–water partition coefficient (Wildman–Crippen LogP) is 7.32. The number of fused-ring (bicyclic) bond motifs is 8. The summed E-state index contributed by atoms with van der Waals surface area (Å²) in [4.78, 5) is 2.50. The molecule has 5 aliphatic rings. The Morgan fingerprint density at radius 1 is 0.667 bits per heavy atom. The zero-order valence-corrected chi connectivity index (χ0v) is 31.1. The molecule has 0 bridgehead atoms. The Hall–Kier alpha value is -4.64. The molecule has 6 aromatic rings. The van der Waals surface area contributed by atoms with Gasteiger partial charge in [-0.15, -0.1) is 0 Å². The predicted molar refractivity (Wildman–Crippen MR) is 211 cm³/mol. The quantitative estimate of drug-likeness (QED) is 0.175. The summed E-state index contributed by atoms with van der Waals surface area (Å²) in [6.45, 7) is 7.09. The SMILES string of the molecule is CC(C)(C)c1cc2c3c(c1)[Se]c1cc(N4C5=C(CCCC5)Oc5ccccc54)ccc1B3c1ccc(-n3c4c(c5ccccc53)CCC4)cc1O2. The molecule has 6 heteroatoms. The van der Waals surface area contributed by atoms with Crippen molar-refractivity contribution in [3.63, 3.8) is 0 Å². The zero-order valence-electron chi connectivity index (χ0n) is 29.4. The Balaban J connectivity index is 1.09. The molecule has 51 heavy (non-hydrogen) atoms. The van der Waals surface area contributed by atoms with Crippen LogP contribution in [0, 0.1) is 0 Å². The first-order valence-corrected chi connectivity index (χ1v) is 20.3. The Morgan fingerprint density at radius 2 is 1.49 bits per heavy atom. The second-order valence-corrected chi connectivity index (χ2v) is 18.1. The fourth-order valence-corrected chi connectivity index (χ4v) is 11.9. The molecule has 3 aliphatic heterocycles. The number of para-hydroxylation sites is 3. The average Bonchev–Trinajstić information content (AvgIpc) is 3.74. The second kappa shape index (κ2) is 10.9. The summed E-state index contributed by atoms with van der Waals surface area (Å²) < 4.78 is 18.9. The van der Waals surface area contributed by atoms with Crippen molar-refractivity contribution < 1.29 is 9.47 Å². The van der Waals surface area contributed by atoms with Gasteiger partial charge in [-0.2, -0.15) is 0 Å². The van der Waals surface area contributed by atoms with Gasteiger partial charge in [0.2, 0.25) is 0 Å². The summed E-state index contributed by atoms with van der Waals surface area (Å²) >= 11 is 0.133. The molecule has 0 saturated heterocycles. The van der Waals surface area contributed by atoms with Gasteiger partial charge in [0, 0.05) is 0 Å². The first-order valence-electron chi connectivity index (χ1n) is 18.6. The number of ether oxygens (including phenoxy) is 2. The van der Waals surface area contributed by atoms with Gasteiger partial charge < -0.3 is 0 Å². The molecular formula is C45H39BN2O2Se. The Morgan fingerprint density at radius 3 is 2.41 bits per heavy atom. The standard InChI is InChI=1S/C45H39BN2O2Se/c1-45(2,3)27-23-41-44-43(24-27)51-42-26-29(48-36-14-6-8-17-38(36)49-39-18-9-7-15-37(39)48)20-22-33(42)46(44)32-21-19-28(25-40(32)50-41)47-34-13-5-4-11-30(34)31-12-10-16-35(31)47/h4-6,8,11,13-14,17,19-26H,7,9-10,12,15-16,18H2,1-3H3. The van der Waals surface area contributed by atoms with E-state index in [0.29, 0.717) is 0 Å². The minimum atomic E-state index is 0.0106. The molecule has 1 aromatic heterocycles. The average molecular weight is 730 g/mol. The van der Waals surface area contributed by atoms with Crippen LogP contribution in [0.3, 0.4) is 0 Å². The van der Waals surface area contributed by atoms with Gasteiger partial charge in [0.05, 0.1) is 0 Å². The van der Waals surface area contributed by atoms with Gasteiger partial charge in [-0.3, -0.25) is 0 Å². The zero-order chi connectivity index (χ0) is 34.0. The molecule has 4 heterocycles. The minimum absolute atomic E-state index is 0.0106. The van der Waals surface area contributed by atoms with Crippen LogP contribution in [0.4, 0.5) is 11.4 Å². The number of hydrogen-bond donors (Lipinski definition) is 0. The van der Waals surface area contributed by atoms with Crippen LogP contribution in [-0.4, -0.2) is 26.2 Å². The van der Waals surface area contributed by atoms with Crippen LogP contribution in [0.25, 0.3) is 16.6 Å². The third-order valence-electron chi connectivity index (χ3n) is 11.8. The summed E-state index contributed by atoms with van der Waals surface area (Å²) in [6.07, 6.45) is 7.93. The molecule has 11 rings (SSSR count). The van der Waals surface area contributed by atoms with E-state index in [2.05, 4.69) is 127 Å². The Bertz CT molecular complexity index is 2510. The van der Waals surface area contributed by atoms with Gasteiger partial charge in [-0.1, -0.05) is 0 Å². The number of aryl methyl sites for hydroxylation is 1. The van der Waals surface area contributed by atoms with Gasteiger partial charge in [-0.25, -0.2) is 0 Å². The molecule has 0 unspecified atom stereocenters. The fraction of sp³-hybridized carbons (Fsp3) is 0.244. The van der Waals surface area contributed by atoms with Crippen molar-refractivity contribution in [3.05, 3.63) is 125 Å². The van der Waals surface area contributed by atoms with Crippen molar-refractivity contribution in [3.8, 4) is 22.9 Å². The van der Waals surface area contributed by atoms with Crippen LogP contribution >= 0.6 is 0 Å². The first-order chi connectivity index (χ1) is 24.9. The van der Waals surface area contributed by atoms with Gasteiger partial charge in [0.15, 0.2) is 0 Å². The number of hydrogen-bond acceptors (Lipinski definition) is 3. The van der Waals surface area contributed by atoms with E-state index in [1.165, 1.54) is 89.4 Å². The van der Waals surface area contributed by atoms with Crippen molar-refractivity contribution in [2.45, 2.75) is 71.1 Å². The summed E-state index contributed by atoms with van der Waals surface area (Å²) in [5.41, 5.74) is 14.6. The van der Waals surface area contributed by atoms with E-state index < -0.39 is 0 Å². The van der Waals surface area contributed by atoms with Gasteiger partial charge in [0.25, 0.3) is 0 Å². The van der Waals surface area contributed by atoms with E-state index in [0.717, 1.165) is 54.4 Å². The van der Waals surface area contributed by atoms with E-state index in [1.807, 2.05) is 0 Å². The maximum absolute atomic E-state index is 7.03. The number of nitrogens with zero attached hydrogens (tertiary/aromatic N) is 2. The van der Waals surface area contributed by atoms with Gasteiger partial charge in [-0.05, 0) is 0 Å². The van der Waals surface area contributed by atoms with E-state index in [-0.39, 0.29) is 27.1 Å². The number of anilines is 2. The monoisotopic (exact) mass is 730 g/mol. The number of benzene rings is 5. The molecule has 0 saturated carbocycles. The van der Waals surface area contributed by atoms with Crippen molar-refractivity contribution in [2.75, 3.05) is 4.90 Å². The van der Waals surface area contributed by atoms with Gasteiger partial charge >= 0.3 is 308 Å². The summed E-state index contributed by atoms with van der Waals surface area (Å²) in [5.74, 6) is 4.12. The molecule has 0 N–H and O–H groups in total. The molecule has 0 atom stereocenters. The molecule has 4 nitrogen and oxygen atoms in total. The van der Waals surface area contributed by atoms with Crippen molar-refractivity contribution >= 4 is 69.3 Å². The maximum atomic E-state index is 7.03. The van der Waals surface area contributed by atoms with Crippen LogP contribution < -0.4 is 39.7 Å². The van der Waals surface area contributed by atoms with E-state index in [9.17, 15) is 0 Å².